The van der Waals surface area contributed by atoms with Gasteiger partial charge in [0, 0.05) is 32.2 Å². The zero-order chi connectivity index (χ0) is 22.3. The van der Waals surface area contributed by atoms with Gasteiger partial charge in [-0.1, -0.05) is 23.7 Å². The minimum Gasteiger partial charge on any atom is -0.331 e. The van der Waals surface area contributed by atoms with Crippen LogP contribution in [0.1, 0.15) is 34.3 Å². The molecule has 0 spiro atoms. The molecule has 0 aromatic heterocycles. The first-order chi connectivity index (χ1) is 13.9. The first-order valence-electron chi connectivity index (χ1n) is 9.10. The number of amides is 1. The molecule has 0 aliphatic heterocycles. The maximum absolute atomic E-state index is 13.1. The lowest BCUT2D eigenvalue weighted by molar-refractivity contribution is -0.137. The highest BCUT2D eigenvalue weighted by Crippen LogP contribution is 2.33. The second-order valence-corrected chi connectivity index (χ2v) is 9.82. The highest BCUT2D eigenvalue weighted by Gasteiger charge is 2.34. The van der Waals surface area contributed by atoms with Crippen LogP contribution in [0.4, 0.5) is 13.2 Å². The number of nitrogens with zero attached hydrogens (tertiary/aromatic N) is 2. The summed E-state index contributed by atoms with van der Waals surface area (Å²) in [7, 11) is -1.12. The van der Waals surface area contributed by atoms with Crippen LogP contribution >= 0.6 is 11.6 Å². The molecule has 2 aromatic rings. The van der Waals surface area contributed by atoms with E-state index in [2.05, 4.69) is 0 Å². The van der Waals surface area contributed by atoms with Gasteiger partial charge in [0.1, 0.15) is 4.90 Å². The van der Waals surface area contributed by atoms with Crippen molar-refractivity contribution < 1.29 is 26.4 Å². The molecule has 0 heterocycles. The number of halogens is 4. The Kier molecular flexibility index (Phi) is 6.18. The number of rotatable bonds is 6. The third kappa shape index (κ3) is 4.79. The van der Waals surface area contributed by atoms with Crippen LogP contribution in [0.5, 0.6) is 0 Å². The van der Waals surface area contributed by atoms with Crippen molar-refractivity contribution in [3.8, 4) is 0 Å². The maximum atomic E-state index is 13.1. The Balaban J connectivity index is 1.88. The summed E-state index contributed by atoms with van der Waals surface area (Å²) >= 11 is 6.04. The lowest BCUT2D eigenvalue weighted by atomic mass is 10.1. The SMILES string of the molecule is CN(C)S(=O)(=O)c1cc(C(=O)N(Cc2ccc(C(F)(F)F)cc2)C2CC2)ccc1Cl. The van der Waals surface area contributed by atoms with Crippen LogP contribution in [0.3, 0.4) is 0 Å². The van der Waals surface area contributed by atoms with Gasteiger partial charge in [-0.15, -0.1) is 0 Å². The van der Waals surface area contributed by atoms with Crippen molar-refractivity contribution in [1.29, 1.82) is 0 Å². The zero-order valence-electron chi connectivity index (χ0n) is 16.3. The van der Waals surface area contributed by atoms with E-state index in [-0.39, 0.29) is 28.1 Å². The Morgan fingerprint density at radius 3 is 2.20 bits per heavy atom. The van der Waals surface area contributed by atoms with Crippen molar-refractivity contribution in [2.24, 2.45) is 0 Å². The fraction of sp³-hybridized carbons (Fsp3) is 0.350. The second kappa shape index (κ2) is 8.20. The fourth-order valence-electron chi connectivity index (χ4n) is 2.95. The number of hydrogen-bond donors (Lipinski definition) is 0. The lowest BCUT2D eigenvalue weighted by Crippen LogP contribution is -2.33. The average molecular weight is 461 g/mol. The molecular weight excluding hydrogens is 441 g/mol. The molecule has 5 nitrogen and oxygen atoms in total. The number of alkyl halides is 3. The van der Waals surface area contributed by atoms with Gasteiger partial charge in [-0.05, 0) is 48.7 Å². The van der Waals surface area contributed by atoms with Crippen LogP contribution < -0.4 is 0 Å². The zero-order valence-corrected chi connectivity index (χ0v) is 17.9. The van der Waals surface area contributed by atoms with Crippen molar-refractivity contribution in [2.45, 2.75) is 36.5 Å². The molecule has 30 heavy (non-hydrogen) atoms. The van der Waals surface area contributed by atoms with E-state index in [4.69, 9.17) is 11.6 Å². The highest BCUT2D eigenvalue weighted by atomic mass is 35.5. The van der Waals surface area contributed by atoms with Gasteiger partial charge in [0.15, 0.2) is 0 Å². The molecule has 2 aromatic carbocycles. The Bertz CT molecular complexity index is 1050. The monoisotopic (exact) mass is 460 g/mol. The number of benzene rings is 2. The van der Waals surface area contributed by atoms with E-state index >= 15 is 0 Å². The standard InChI is InChI=1S/C20H20ClF3N2O3S/c1-25(2)30(28,29)18-11-14(5-10-17(18)21)19(27)26(16-8-9-16)12-13-3-6-15(7-4-13)20(22,23)24/h3-7,10-11,16H,8-9,12H2,1-2H3. The molecule has 0 N–H and O–H groups in total. The molecule has 0 saturated heterocycles. The normalized spacial score (nSPS) is 14.8. The van der Waals surface area contributed by atoms with Gasteiger partial charge < -0.3 is 4.90 Å². The third-order valence-electron chi connectivity index (χ3n) is 4.82. The van der Waals surface area contributed by atoms with Crippen LogP contribution in [0.25, 0.3) is 0 Å². The molecule has 0 radical (unpaired) electrons. The maximum Gasteiger partial charge on any atom is 0.416 e. The number of sulfonamides is 1. The van der Waals surface area contributed by atoms with Crippen LogP contribution in [-0.4, -0.2) is 43.7 Å². The van der Waals surface area contributed by atoms with Gasteiger partial charge in [0.05, 0.1) is 10.6 Å². The van der Waals surface area contributed by atoms with Crippen molar-refractivity contribution in [1.82, 2.24) is 9.21 Å². The summed E-state index contributed by atoms with van der Waals surface area (Å²) in [6, 6.07) is 8.65. The van der Waals surface area contributed by atoms with Gasteiger partial charge in [0.2, 0.25) is 10.0 Å². The van der Waals surface area contributed by atoms with E-state index < -0.39 is 27.7 Å². The van der Waals surface area contributed by atoms with Gasteiger partial charge in [-0.25, -0.2) is 12.7 Å². The van der Waals surface area contributed by atoms with Gasteiger partial charge in [-0.3, -0.25) is 4.79 Å². The predicted octanol–water partition coefficient (Wildman–Crippen LogP) is 4.41. The van der Waals surface area contributed by atoms with Crippen LogP contribution in [0, 0.1) is 0 Å². The van der Waals surface area contributed by atoms with Crippen LogP contribution in [0.15, 0.2) is 47.4 Å². The van der Waals surface area contributed by atoms with Gasteiger partial charge in [0.25, 0.3) is 5.91 Å². The smallest absolute Gasteiger partial charge is 0.331 e. The summed E-state index contributed by atoms with van der Waals surface area (Å²) in [4.78, 5) is 14.5. The number of carbonyl (C=O) groups excluding carboxylic acids is 1. The molecule has 10 heteroatoms. The summed E-state index contributed by atoms with van der Waals surface area (Å²) in [5.41, 5.74) is -0.0521. The molecule has 3 rings (SSSR count). The lowest BCUT2D eigenvalue weighted by Gasteiger charge is -2.23. The quantitative estimate of drug-likeness (QED) is 0.641. The largest absolute Gasteiger partial charge is 0.416 e. The molecule has 1 aliphatic rings. The van der Waals surface area contributed by atoms with Crippen molar-refractivity contribution in [3.05, 3.63) is 64.2 Å². The van der Waals surface area contributed by atoms with E-state index in [1.807, 2.05) is 0 Å². The van der Waals surface area contributed by atoms with Crippen LogP contribution in [0.2, 0.25) is 5.02 Å². The summed E-state index contributed by atoms with van der Waals surface area (Å²) in [5, 5.41) is 0.000890. The number of carbonyl (C=O) groups is 1. The van der Waals surface area contributed by atoms with E-state index in [0.717, 1.165) is 29.3 Å². The first kappa shape index (κ1) is 22.6. The number of hydrogen-bond acceptors (Lipinski definition) is 3. The van der Waals surface area contributed by atoms with Gasteiger partial charge in [-0.2, -0.15) is 13.2 Å². The summed E-state index contributed by atoms with van der Waals surface area (Å²) in [5.74, 6) is -0.399. The molecular formula is C20H20ClF3N2O3S. The molecule has 1 saturated carbocycles. The fourth-order valence-corrected chi connectivity index (χ4v) is 4.34. The summed E-state index contributed by atoms with van der Waals surface area (Å²) in [6.07, 6.45) is -2.87. The topological polar surface area (TPSA) is 57.7 Å². The molecule has 0 unspecified atom stereocenters. The Labute approximate surface area is 178 Å². The van der Waals surface area contributed by atoms with E-state index in [9.17, 15) is 26.4 Å². The average Bonchev–Trinajstić information content (AvgIpc) is 3.50. The molecule has 1 amide bonds. The van der Waals surface area contributed by atoms with Crippen molar-refractivity contribution >= 4 is 27.5 Å². The first-order valence-corrected chi connectivity index (χ1v) is 10.9. The Morgan fingerprint density at radius 1 is 1.10 bits per heavy atom. The second-order valence-electron chi connectivity index (χ2n) is 7.29. The minimum absolute atomic E-state index is 0.000890. The van der Waals surface area contributed by atoms with E-state index in [0.29, 0.717) is 5.56 Å². The molecule has 162 valence electrons. The molecule has 0 atom stereocenters. The summed E-state index contributed by atoms with van der Waals surface area (Å²) < 4.78 is 64.2. The van der Waals surface area contributed by atoms with E-state index in [1.165, 1.54) is 44.4 Å². The third-order valence-corrected chi connectivity index (χ3v) is 7.12. The van der Waals surface area contributed by atoms with Gasteiger partial charge >= 0.3 is 6.18 Å². The van der Waals surface area contributed by atoms with E-state index in [1.54, 1.807) is 4.90 Å². The molecule has 1 aliphatic carbocycles. The minimum atomic E-state index is -4.43. The highest BCUT2D eigenvalue weighted by molar-refractivity contribution is 7.89. The molecule has 1 fully saturated rings. The predicted molar refractivity (Wildman–Crippen MR) is 107 cm³/mol. The Hall–Kier alpha value is -2.10. The summed E-state index contributed by atoms with van der Waals surface area (Å²) in [6.45, 7) is 0.125. The van der Waals surface area contributed by atoms with Crippen LogP contribution in [-0.2, 0) is 22.7 Å². The Morgan fingerprint density at radius 2 is 1.70 bits per heavy atom. The van der Waals surface area contributed by atoms with Crippen molar-refractivity contribution in [2.75, 3.05) is 14.1 Å². The molecule has 0 bridgehead atoms. The van der Waals surface area contributed by atoms with Crippen molar-refractivity contribution in [3.63, 3.8) is 0 Å².